The first kappa shape index (κ1) is 12.9. The molecule has 0 spiro atoms. The smallest absolute Gasteiger partial charge is 0.154 e. The number of anilines is 1. The number of hydrogen-bond donors (Lipinski definition) is 2. The first-order chi connectivity index (χ1) is 9.21. The van der Waals surface area contributed by atoms with Crippen LogP contribution in [0.3, 0.4) is 0 Å². The summed E-state index contributed by atoms with van der Waals surface area (Å²) < 4.78 is 0. The highest BCUT2D eigenvalue weighted by Crippen LogP contribution is 2.47. The summed E-state index contributed by atoms with van der Waals surface area (Å²) in [5.74, 6) is 1.57. The zero-order chi connectivity index (χ0) is 13.3. The SMILES string of the molecule is NC1=NC(c2cccc(N)c2)(C2CCCCC2)CS1. The van der Waals surface area contributed by atoms with E-state index in [1.807, 2.05) is 12.1 Å². The van der Waals surface area contributed by atoms with Crippen LogP contribution in [0, 0.1) is 5.92 Å². The lowest BCUT2D eigenvalue weighted by atomic mass is 9.72. The van der Waals surface area contributed by atoms with E-state index in [2.05, 4.69) is 12.1 Å². The maximum atomic E-state index is 5.97. The van der Waals surface area contributed by atoms with E-state index in [0.717, 1.165) is 16.6 Å². The number of aliphatic imine (C=N–C) groups is 1. The van der Waals surface area contributed by atoms with Crippen molar-refractivity contribution >= 4 is 22.6 Å². The van der Waals surface area contributed by atoms with Gasteiger partial charge >= 0.3 is 0 Å². The molecule has 1 fully saturated rings. The lowest BCUT2D eigenvalue weighted by molar-refractivity contribution is 0.233. The minimum atomic E-state index is -0.134. The predicted octanol–water partition coefficient (Wildman–Crippen LogP) is 3.11. The molecule has 2 aliphatic rings. The summed E-state index contributed by atoms with van der Waals surface area (Å²) >= 11 is 1.69. The molecule has 19 heavy (non-hydrogen) atoms. The van der Waals surface area contributed by atoms with Crippen LogP contribution in [0.4, 0.5) is 5.69 Å². The first-order valence-electron chi connectivity index (χ1n) is 7.05. The summed E-state index contributed by atoms with van der Waals surface area (Å²) in [6, 6.07) is 8.21. The third kappa shape index (κ3) is 2.34. The maximum absolute atomic E-state index is 5.97. The Morgan fingerprint density at radius 2 is 1.95 bits per heavy atom. The molecule has 0 saturated heterocycles. The largest absolute Gasteiger partial charge is 0.399 e. The number of nitrogen functional groups attached to an aromatic ring is 1. The fourth-order valence-corrected chi connectivity index (χ4v) is 4.49. The average molecular weight is 275 g/mol. The molecule has 4 heteroatoms. The molecule has 4 N–H and O–H groups in total. The number of amidine groups is 1. The second-order valence-electron chi connectivity index (χ2n) is 5.62. The average Bonchev–Trinajstić information content (AvgIpc) is 2.83. The van der Waals surface area contributed by atoms with Crippen LogP contribution in [0.1, 0.15) is 37.7 Å². The highest BCUT2D eigenvalue weighted by atomic mass is 32.2. The van der Waals surface area contributed by atoms with Gasteiger partial charge in [-0.25, -0.2) is 0 Å². The third-order valence-corrected chi connectivity index (χ3v) is 5.39. The molecule has 1 heterocycles. The number of rotatable bonds is 2. The van der Waals surface area contributed by atoms with Crippen molar-refractivity contribution in [2.75, 3.05) is 11.5 Å². The summed E-state index contributed by atoms with van der Waals surface area (Å²) in [6.07, 6.45) is 6.50. The van der Waals surface area contributed by atoms with E-state index in [0.29, 0.717) is 5.92 Å². The van der Waals surface area contributed by atoms with E-state index in [-0.39, 0.29) is 5.54 Å². The molecule has 0 aromatic heterocycles. The number of hydrogen-bond acceptors (Lipinski definition) is 4. The molecule has 1 aliphatic heterocycles. The number of thioether (sulfide) groups is 1. The van der Waals surface area contributed by atoms with Crippen molar-refractivity contribution in [1.29, 1.82) is 0 Å². The van der Waals surface area contributed by atoms with Gasteiger partial charge in [0.1, 0.15) is 5.54 Å². The van der Waals surface area contributed by atoms with Gasteiger partial charge in [0.05, 0.1) is 0 Å². The molecule has 0 radical (unpaired) electrons. The van der Waals surface area contributed by atoms with Crippen LogP contribution in [-0.2, 0) is 5.54 Å². The first-order valence-corrected chi connectivity index (χ1v) is 8.03. The van der Waals surface area contributed by atoms with Crippen LogP contribution in [-0.4, -0.2) is 10.9 Å². The molecular formula is C15H21N3S. The molecule has 1 aliphatic carbocycles. The Morgan fingerprint density at radius 3 is 2.58 bits per heavy atom. The van der Waals surface area contributed by atoms with Crippen molar-refractivity contribution in [3.63, 3.8) is 0 Å². The van der Waals surface area contributed by atoms with Crippen LogP contribution in [0.5, 0.6) is 0 Å². The van der Waals surface area contributed by atoms with E-state index >= 15 is 0 Å². The second-order valence-corrected chi connectivity index (χ2v) is 6.62. The quantitative estimate of drug-likeness (QED) is 0.815. The molecule has 3 rings (SSSR count). The van der Waals surface area contributed by atoms with Gasteiger partial charge in [0.2, 0.25) is 0 Å². The zero-order valence-corrected chi connectivity index (χ0v) is 12.0. The van der Waals surface area contributed by atoms with E-state index in [1.54, 1.807) is 11.8 Å². The van der Waals surface area contributed by atoms with Crippen LogP contribution >= 0.6 is 11.8 Å². The van der Waals surface area contributed by atoms with E-state index in [9.17, 15) is 0 Å². The molecule has 1 atom stereocenters. The predicted molar refractivity (Wildman–Crippen MR) is 83.2 cm³/mol. The minimum Gasteiger partial charge on any atom is -0.399 e. The standard InChI is InChI=1S/C15H21N3S/c16-13-8-4-7-12(9-13)15(10-19-14(17)18-15)11-5-2-1-3-6-11/h4,7-9,11H,1-3,5-6,10,16H2,(H2,17,18). The van der Waals surface area contributed by atoms with Gasteiger partial charge in [-0.2, -0.15) is 0 Å². The lowest BCUT2D eigenvalue weighted by Crippen LogP contribution is -2.35. The highest BCUT2D eigenvalue weighted by Gasteiger charge is 2.44. The van der Waals surface area contributed by atoms with Crippen molar-refractivity contribution in [3.05, 3.63) is 29.8 Å². The molecule has 1 aromatic rings. The van der Waals surface area contributed by atoms with Crippen LogP contribution < -0.4 is 11.5 Å². The summed E-state index contributed by atoms with van der Waals surface area (Å²) in [5.41, 5.74) is 13.9. The fraction of sp³-hybridized carbons (Fsp3) is 0.533. The fourth-order valence-electron chi connectivity index (χ4n) is 3.43. The van der Waals surface area contributed by atoms with Gasteiger partial charge < -0.3 is 11.5 Å². The van der Waals surface area contributed by atoms with Crippen molar-refractivity contribution < 1.29 is 0 Å². The molecule has 1 unspecified atom stereocenters. The summed E-state index contributed by atoms with van der Waals surface area (Å²) in [5, 5.41) is 0.730. The van der Waals surface area contributed by atoms with Crippen molar-refractivity contribution in [1.82, 2.24) is 0 Å². The Kier molecular flexibility index (Phi) is 3.44. The van der Waals surface area contributed by atoms with Gasteiger partial charge in [0.25, 0.3) is 0 Å². The van der Waals surface area contributed by atoms with Crippen LogP contribution in [0.25, 0.3) is 0 Å². The van der Waals surface area contributed by atoms with Gasteiger partial charge in [0.15, 0.2) is 5.17 Å². The van der Waals surface area contributed by atoms with Gasteiger partial charge in [-0.1, -0.05) is 43.2 Å². The second kappa shape index (κ2) is 5.08. The Hall–Kier alpha value is -1.16. The normalized spacial score (nSPS) is 28.3. The highest BCUT2D eigenvalue weighted by molar-refractivity contribution is 8.14. The molecule has 0 amide bonds. The monoisotopic (exact) mass is 275 g/mol. The maximum Gasteiger partial charge on any atom is 0.154 e. The van der Waals surface area contributed by atoms with E-state index in [1.165, 1.54) is 37.7 Å². The third-order valence-electron chi connectivity index (χ3n) is 4.42. The summed E-state index contributed by atoms with van der Waals surface area (Å²) in [6.45, 7) is 0. The Balaban J connectivity index is 2.02. The summed E-state index contributed by atoms with van der Waals surface area (Å²) in [7, 11) is 0. The minimum absolute atomic E-state index is 0.134. The molecule has 3 nitrogen and oxygen atoms in total. The number of nitrogens with two attached hydrogens (primary N) is 2. The Bertz CT molecular complexity index is 494. The molecule has 0 bridgehead atoms. The van der Waals surface area contributed by atoms with Crippen LogP contribution in [0.15, 0.2) is 29.3 Å². The van der Waals surface area contributed by atoms with E-state index in [4.69, 9.17) is 16.5 Å². The van der Waals surface area contributed by atoms with Crippen molar-refractivity contribution in [3.8, 4) is 0 Å². The van der Waals surface area contributed by atoms with Gasteiger partial charge in [-0.3, -0.25) is 4.99 Å². The summed E-state index contributed by atoms with van der Waals surface area (Å²) in [4.78, 5) is 4.86. The van der Waals surface area contributed by atoms with Crippen molar-refractivity contribution in [2.45, 2.75) is 37.6 Å². The van der Waals surface area contributed by atoms with Gasteiger partial charge in [-0.05, 0) is 36.5 Å². The van der Waals surface area contributed by atoms with Gasteiger partial charge in [-0.15, -0.1) is 0 Å². The molecule has 102 valence electrons. The zero-order valence-electron chi connectivity index (χ0n) is 11.1. The molecular weight excluding hydrogens is 254 g/mol. The van der Waals surface area contributed by atoms with Crippen LogP contribution in [0.2, 0.25) is 0 Å². The van der Waals surface area contributed by atoms with E-state index < -0.39 is 0 Å². The van der Waals surface area contributed by atoms with Crippen molar-refractivity contribution in [2.24, 2.45) is 16.6 Å². The Morgan fingerprint density at radius 1 is 1.16 bits per heavy atom. The number of nitrogens with zero attached hydrogens (tertiary/aromatic N) is 1. The van der Waals surface area contributed by atoms with Gasteiger partial charge in [0, 0.05) is 11.4 Å². The Labute approximate surface area is 118 Å². The molecule has 1 aromatic carbocycles. The lowest BCUT2D eigenvalue weighted by Gasteiger charge is -2.37. The number of benzene rings is 1. The molecule has 1 saturated carbocycles. The topological polar surface area (TPSA) is 64.4 Å².